The number of amides is 1. The van der Waals surface area contributed by atoms with Crippen molar-refractivity contribution in [2.75, 3.05) is 31.1 Å². The van der Waals surface area contributed by atoms with Crippen molar-refractivity contribution in [1.29, 1.82) is 0 Å². The third-order valence-electron chi connectivity index (χ3n) is 4.56. The molecule has 1 amide bonds. The fourth-order valence-electron chi connectivity index (χ4n) is 2.77. The SMILES string of the molecule is CCC(C)C(O)CNC(=O)C(c1ccccc1)N1CCSCC1. The number of rotatable bonds is 7. The van der Waals surface area contributed by atoms with Gasteiger partial charge in [-0.05, 0) is 11.5 Å². The zero-order valence-corrected chi connectivity index (χ0v) is 14.9. The van der Waals surface area contributed by atoms with Crippen LogP contribution in [0.1, 0.15) is 31.9 Å². The Morgan fingerprint density at radius 1 is 1.30 bits per heavy atom. The van der Waals surface area contributed by atoms with Crippen LogP contribution in [0.2, 0.25) is 0 Å². The molecular formula is C18H28N2O2S. The van der Waals surface area contributed by atoms with Gasteiger partial charge in [-0.3, -0.25) is 9.69 Å². The molecule has 1 fully saturated rings. The van der Waals surface area contributed by atoms with Crippen molar-refractivity contribution in [2.45, 2.75) is 32.4 Å². The first-order valence-electron chi connectivity index (χ1n) is 8.46. The van der Waals surface area contributed by atoms with E-state index < -0.39 is 6.10 Å². The number of carbonyl (C=O) groups excluding carboxylic acids is 1. The van der Waals surface area contributed by atoms with Gasteiger partial charge in [-0.2, -0.15) is 11.8 Å². The number of aliphatic hydroxyl groups excluding tert-OH is 1. The molecule has 23 heavy (non-hydrogen) atoms. The van der Waals surface area contributed by atoms with Crippen molar-refractivity contribution in [3.63, 3.8) is 0 Å². The molecule has 1 aliphatic rings. The smallest absolute Gasteiger partial charge is 0.242 e. The van der Waals surface area contributed by atoms with Crippen LogP contribution in [0, 0.1) is 5.92 Å². The van der Waals surface area contributed by atoms with E-state index in [1.54, 1.807) is 0 Å². The molecule has 2 rings (SSSR count). The Hall–Kier alpha value is -1.04. The summed E-state index contributed by atoms with van der Waals surface area (Å²) in [6, 6.07) is 9.68. The molecule has 1 heterocycles. The highest BCUT2D eigenvalue weighted by Gasteiger charge is 2.29. The Morgan fingerprint density at radius 2 is 1.96 bits per heavy atom. The monoisotopic (exact) mass is 336 g/mol. The lowest BCUT2D eigenvalue weighted by atomic mass is 10.0. The Labute approximate surface area is 143 Å². The molecule has 0 bridgehead atoms. The number of hydrogen-bond acceptors (Lipinski definition) is 4. The van der Waals surface area contributed by atoms with Gasteiger partial charge in [0.25, 0.3) is 0 Å². The van der Waals surface area contributed by atoms with Gasteiger partial charge in [0.2, 0.25) is 5.91 Å². The van der Waals surface area contributed by atoms with Crippen LogP contribution in [0.4, 0.5) is 0 Å². The molecule has 0 saturated carbocycles. The van der Waals surface area contributed by atoms with E-state index in [-0.39, 0.29) is 17.9 Å². The van der Waals surface area contributed by atoms with E-state index in [4.69, 9.17) is 0 Å². The van der Waals surface area contributed by atoms with E-state index in [9.17, 15) is 9.90 Å². The lowest BCUT2D eigenvalue weighted by molar-refractivity contribution is -0.127. The van der Waals surface area contributed by atoms with Crippen LogP contribution in [0.5, 0.6) is 0 Å². The van der Waals surface area contributed by atoms with Crippen LogP contribution in [0.3, 0.4) is 0 Å². The number of hydrogen-bond donors (Lipinski definition) is 2. The Morgan fingerprint density at radius 3 is 2.57 bits per heavy atom. The summed E-state index contributed by atoms with van der Waals surface area (Å²) in [7, 11) is 0. The largest absolute Gasteiger partial charge is 0.391 e. The number of nitrogens with zero attached hydrogens (tertiary/aromatic N) is 1. The third-order valence-corrected chi connectivity index (χ3v) is 5.50. The minimum absolute atomic E-state index is 0.00884. The Kier molecular flexibility index (Phi) is 7.40. The second-order valence-corrected chi connectivity index (χ2v) is 7.38. The lowest BCUT2D eigenvalue weighted by Gasteiger charge is -2.34. The average molecular weight is 337 g/mol. The second kappa shape index (κ2) is 9.30. The van der Waals surface area contributed by atoms with Gasteiger partial charge in [0, 0.05) is 31.1 Å². The van der Waals surface area contributed by atoms with Gasteiger partial charge in [0.15, 0.2) is 0 Å². The summed E-state index contributed by atoms with van der Waals surface area (Å²) in [5.41, 5.74) is 1.02. The predicted octanol–water partition coefficient (Wildman–Crippen LogP) is 2.30. The highest BCUT2D eigenvalue weighted by Crippen LogP contribution is 2.24. The van der Waals surface area contributed by atoms with E-state index in [1.807, 2.05) is 55.9 Å². The van der Waals surface area contributed by atoms with Crippen LogP contribution in [0.25, 0.3) is 0 Å². The highest BCUT2D eigenvalue weighted by atomic mass is 32.2. The van der Waals surface area contributed by atoms with Gasteiger partial charge in [0.05, 0.1) is 6.10 Å². The Balaban J connectivity index is 2.05. The topological polar surface area (TPSA) is 52.6 Å². The zero-order valence-electron chi connectivity index (χ0n) is 14.1. The first kappa shape index (κ1) is 18.3. The van der Waals surface area contributed by atoms with Gasteiger partial charge in [0.1, 0.15) is 6.04 Å². The molecule has 0 aromatic heterocycles. The van der Waals surface area contributed by atoms with Crippen molar-refractivity contribution >= 4 is 17.7 Å². The van der Waals surface area contributed by atoms with Crippen LogP contribution in [-0.4, -0.2) is 53.2 Å². The second-order valence-electron chi connectivity index (χ2n) is 6.16. The number of nitrogens with one attached hydrogen (secondary N) is 1. The van der Waals surface area contributed by atoms with Gasteiger partial charge in [-0.15, -0.1) is 0 Å². The number of thioether (sulfide) groups is 1. The summed E-state index contributed by atoms with van der Waals surface area (Å²) in [5, 5.41) is 13.1. The summed E-state index contributed by atoms with van der Waals surface area (Å²) in [5.74, 6) is 2.31. The van der Waals surface area contributed by atoms with Crippen molar-refractivity contribution in [2.24, 2.45) is 5.92 Å². The van der Waals surface area contributed by atoms with Crippen LogP contribution in [0.15, 0.2) is 30.3 Å². The first-order chi connectivity index (χ1) is 11.1. The number of carbonyl (C=O) groups is 1. The van der Waals surface area contributed by atoms with Crippen molar-refractivity contribution in [1.82, 2.24) is 10.2 Å². The van der Waals surface area contributed by atoms with E-state index >= 15 is 0 Å². The standard InChI is InChI=1S/C18H28N2O2S/c1-3-14(2)16(21)13-19-18(22)17(15-7-5-4-6-8-15)20-9-11-23-12-10-20/h4-8,14,16-17,21H,3,9-13H2,1-2H3,(H,19,22). The van der Waals surface area contributed by atoms with Crippen LogP contribution < -0.4 is 5.32 Å². The van der Waals surface area contributed by atoms with E-state index in [0.29, 0.717) is 6.54 Å². The minimum atomic E-state index is -0.489. The third kappa shape index (κ3) is 5.23. The summed E-state index contributed by atoms with van der Waals surface area (Å²) >= 11 is 1.93. The summed E-state index contributed by atoms with van der Waals surface area (Å²) < 4.78 is 0. The maximum Gasteiger partial charge on any atom is 0.242 e. The predicted molar refractivity (Wildman–Crippen MR) is 96.6 cm³/mol. The van der Waals surface area contributed by atoms with Gasteiger partial charge >= 0.3 is 0 Å². The molecule has 5 heteroatoms. The quantitative estimate of drug-likeness (QED) is 0.802. The molecule has 3 atom stereocenters. The number of benzene rings is 1. The maximum absolute atomic E-state index is 12.8. The fraction of sp³-hybridized carbons (Fsp3) is 0.611. The lowest BCUT2D eigenvalue weighted by Crippen LogP contribution is -2.46. The molecule has 4 nitrogen and oxygen atoms in total. The molecule has 128 valence electrons. The molecule has 0 aliphatic carbocycles. The van der Waals surface area contributed by atoms with E-state index in [1.165, 1.54) is 0 Å². The first-order valence-corrected chi connectivity index (χ1v) is 9.61. The molecule has 3 unspecified atom stereocenters. The number of aliphatic hydroxyl groups is 1. The maximum atomic E-state index is 12.8. The molecule has 0 radical (unpaired) electrons. The molecule has 2 N–H and O–H groups in total. The summed E-state index contributed by atoms with van der Waals surface area (Å²) in [6.07, 6.45) is 0.417. The Bertz CT molecular complexity index is 477. The van der Waals surface area contributed by atoms with Crippen molar-refractivity contribution in [3.8, 4) is 0 Å². The van der Waals surface area contributed by atoms with Crippen LogP contribution in [-0.2, 0) is 4.79 Å². The average Bonchev–Trinajstić information content (AvgIpc) is 2.61. The van der Waals surface area contributed by atoms with Gasteiger partial charge in [-0.25, -0.2) is 0 Å². The zero-order chi connectivity index (χ0) is 16.7. The molecule has 1 aromatic rings. The van der Waals surface area contributed by atoms with Crippen molar-refractivity contribution in [3.05, 3.63) is 35.9 Å². The van der Waals surface area contributed by atoms with Gasteiger partial charge < -0.3 is 10.4 Å². The summed E-state index contributed by atoms with van der Waals surface area (Å²) in [4.78, 5) is 15.0. The van der Waals surface area contributed by atoms with Crippen molar-refractivity contribution < 1.29 is 9.90 Å². The minimum Gasteiger partial charge on any atom is -0.391 e. The highest BCUT2D eigenvalue weighted by molar-refractivity contribution is 7.99. The normalized spacial score (nSPS) is 19.8. The molecule has 1 aliphatic heterocycles. The molecule has 1 aromatic carbocycles. The van der Waals surface area contributed by atoms with E-state index in [0.717, 1.165) is 36.6 Å². The molecule has 0 spiro atoms. The molecular weight excluding hydrogens is 308 g/mol. The van der Waals surface area contributed by atoms with Gasteiger partial charge in [-0.1, -0.05) is 50.6 Å². The van der Waals surface area contributed by atoms with E-state index in [2.05, 4.69) is 10.2 Å². The molecule has 1 saturated heterocycles. The summed E-state index contributed by atoms with van der Waals surface area (Å²) in [6.45, 7) is 6.22. The fourth-order valence-corrected chi connectivity index (χ4v) is 3.71. The van der Waals surface area contributed by atoms with Crippen LogP contribution >= 0.6 is 11.8 Å².